The second kappa shape index (κ2) is 31.2. The van der Waals surface area contributed by atoms with Crippen LogP contribution in [0.3, 0.4) is 0 Å². The predicted molar refractivity (Wildman–Crippen MR) is 285 cm³/mol. The third-order valence-corrected chi connectivity index (χ3v) is 12.4. The molecule has 4 rings (SSSR count). The summed E-state index contributed by atoms with van der Waals surface area (Å²) < 4.78 is 0. The molecule has 0 spiro atoms. The van der Waals surface area contributed by atoms with Crippen LogP contribution in [0, 0.1) is 0 Å². The first kappa shape index (κ1) is 60.8. The number of nitrogens with one attached hydrogen (secondary N) is 9. The number of aromatic amines is 1. The van der Waals surface area contributed by atoms with Gasteiger partial charge in [0.15, 0.2) is 11.9 Å². The average molecular weight is 1070 g/mol. The molecule has 1 aromatic heterocycles. The fourth-order valence-corrected chi connectivity index (χ4v) is 8.40. The molecule has 1 fully saturated rings. The molecule has 77 heavy (non-hydrogen) atoms. The Bertz CT molecular complexity index is 2600. The zero-order chi connectivity index (χ0) is 56.4. The first-order valence-electron chi connectivity index (χ1n) is 25.3. The van der Waals surface area contributed by atoms with Crippen LogP contribution in [0.15, 0.2) is 70.8 Å². The van der Waals surface area contributed by atoms with Gasteiger partial charge < -0.3 is 81.9 Å². The molecule has 21 N–H and O–H groups in total. The van der Waals surface area contributed by atoms with Gasteiger partial charge in [0, 0.05) is 69.3 Å². The smallest absolute Gasteiger partial charge is 0.243 e. The number of rotatable bonds is 19. The molecule has 1 saturated heterocycles. The van der Waals surface area contributed by atoms with Crippen molar-refractivity contribution in [1.29, 1.82) is 0 Å². The van der Waals surface area contributed by atoms with E-state index in [0.717, 1.165) is 10.9 Å². The van der Waals surface area contributed by atoms with Crippen molar-refractivity contribution >= 4 is 81.9 Å². The molecule has 10 amide bonds. The van der Waals surface area contributed by atoms with Gasteiger partial charge in [-0.15, -0.1) is 0 Å². The molecular weight excluding hydrogens is 999 g/mol. The minimum absolute atomic E-state index is 0.00667. The highest BCUT2D eigenvalue weighted by atomic mass is 16.2. The van der Waals surface area contributed by atoms with E-state index in [-0.39, 0.29) is 109 Å². The van der Waals surface area contributed by atoms with Crippen molar-refractivity contribution in [3.63, 3.8) is 0 Å². The number of guanidine groups is 2. The molecular formula is C50H73N17O10. The van der Waals surface area contributed by atoms with Crippen LogP contribution in [-0.2, 0) is 60.8 Å². The Kier molecular flexibility index (Phi) is 24.6. The standard InChI is InChI=1S/C50H73N17O10/c1-28(68)61-34(16-9-22-58-49(53)54)43(72)65-37-21-24-57-41(70)18-8-7-15-33(42(52)71)62-48(77)39(26-30-27-60-32-14-6-5-13-31(30)32)67-44(73)35(17-10-23-59-50(55)56)63-47(76)38(25-29-11-3-2-4-12-29)66-45(74)36(64-46(37)75)19-20-40(51)69/h2-6,11-14,27,33-39,60H,7-10,15-26H2,1H3,(H2,51,69)(H2,52,71)(H,57,70)(H,61,68)(H,62,77)(H,63,76)(H,64,75)(H,65,72)(H,66,74)(H,67,73)(H4,53,54,58)(H4,55,56,59)/t33-,34-,35-,36-,37-,38+,39-/m0/s1. The summed E-state index contributed by atoms with van der Waals surface area (Å²) in [5.41, 5.74) is 35.2. The van der Waals surface area contributed by atoms with E-state index in [2.05, 4.69) is 57.5 Å². The Balaban J connectivity index is 1.77. The fraction of sp³-hybridized carbons (Fsp3) is 0.480. The molecule has 7 atom stereocenters. The lowest BCUT2D eigenvalue weighted by atomic mass is 10.0. The summed E-state index contributed by atoms with van der Waals surface area (Å²) >= 11 is 0. The van der Waals surface area contributed by atoms with Crippen LogP contribution in [0.2, 0.25) is 0 Å². The van der Waals surface area contributed by atoms with Gasteiger partial charge in [0.05, 0.1) is 0 Å². The van der Waals surface area contributed by atoms with Gasteiger partial charge in [-0.1, -0.05) is 55.0 Å². The topological polar surface area (TPSA) is 464 Å². The first-order valence-corrected chi connectivity index (χ1v) is 25.3. The van der Waals surface area contributed by atoms with Gasteiger partial charge in [-0.2, -0.15) is 0 Å². The van der Waals surface area contributed by atoms with E-state index in [1.165, 1.54) is 6.92 Å². The summed E-state index contributed by atoms with van der Waals surface area (Å²) in [4.78, 5) is 147. The highest BCUT2D eigenvalue weighted by Gasteiger charge is 2.35. The monoisotopic (exact) mass is 1070 g/mol. The Morgan fingerprint density at radius 3 is 1.90 bits per heavy atom. The van der Waals surface area contributed by atoms with E-state index in [9.17, 15) is 47.9 Å². The number of carbonyl (C=O) groups excluding carboxylic acids is 10. The molecule has 418 valence electrons. The Morgan fingerprint density at radius 1 is 0.662 bits per heavy atom. The van der Waals surface area contributed by atoms with E-state index >= 15 is 0 Å². The van der Waals surface area contributed by atoms with Crippen molar-refractivity contribution < 1.29 is 47.9 Å². The maximum absolute atomic E-state index is 14.6. The molecule has 0 saturated carbocycles. The third kappa shape index (κ3) is 21.5. The second-order valence-corrected chi connectivity index (χ2v) is 18.6. The zero-order valence-electron chi connectivity index (χ0n) is 43.1. The van der Waals surface area contributed by atoms with Crippen LogP contribution >= 0.6 is 0 Å². The number of amides is 10. The molecule has 1 aliphatic rings. The van der Waals surface area contributed by atoms with E-state index in [0.29, 0.717) is 11.1 Å². The maximum atomic E-state index is 14.6. The number of primary amides is 2. The quantitative estimate of drug-likeness (QED) is 0.0312. The van der Waals surface area contributed by atoms with Gasteiger partial charge in [0.1, 0.15) is 42.3 Å². The van der Waals surface area contributed by atoms with Crippen molar-refractivity contribution in [2.24, 2.45) is 44.4 Å². The van der Waals surface area contributed by atoms with Gasteiger partial charge in [0.25, 0.3) is 0 Å². The summed E-state index contributed by atoms with van der Waals surface area (Å²) in [7, 11) is 0. The molecule has 27 nitrogen and oxygen atoms in total. The number of aromatic nitrogens is 1. The minimum Gasteiger partial charge on any atom is -0.370 e. The minimum atomic E-state index is -1.57. The van der Waals surface area contributed by atoms with Crippen molar-refractivity contribution in [2.75, 3.05) is 19.6 Å². The molecule has 27 heteroatoms. The number of hydrogen-bond acceptors (Lipinski definition) is 12. The first-order chi connectivity index (χ1) is 36.7. The summed E-state index contributed by atoms with van der Waals surface area (Å²) in [5.74, 6) is -8.38. The second-order valence-electron chi connectivity index (χ2n) is 18.6. The molecule has 1 aliphatic heterocycles. The molecule has 0 aliphatic carbocycles. The number of nitrogens with two attached hydrogens (primary N) is 6. The number of hydrogen-bond donors (Lipinski definition) is 15. The van der Waals surface area contributed by atoms with E-state index in [4.69, 9.17) is 34.4 Å². The molecule has 0 bridgehead atoms. The van der Waals surface area contributed by atoms with Crippen LogP contribution in [0.25, 0.3) is 10.9 Å². The van der Waals surface area contributed by atoms with Gasteiger partial charge in [-0.05, 0) is 68.6 Å². The SMILES string of the molecule is CC(=O)N[C@@H](CCCN=C(N)N)C(=O)N[C@H]1CCNC(=O)CCCC[C@@H](C(N)=O)NC(=O)[C@H](Cc2c[nH]c3ccccc23)NC(=O)[C@H](CCCN=C(N)N)NC(=O)[C@@H](Cc2ccccc2)NC(=O)[C@H](CCC(N)=O)NC1=O. The Labute approximate surface area is 444 Å². The number of para-hydroxylation sites is 1. The molecule has 0 unspecified atom stereocenters. The zero-order valence-corrected chi connectivity index (χ0v) is 43.1. The Hall–Kier alpha value is -8.78. The van der Waals surface area contributed by atoms with E-state index in [1.807, 2.05) is 18.2 Å². The van der Waals surface area contributed by atoms with E-state index in [1.54, 1.807) is 42.6 Å². The fourth-order valence-electron chi connectivity index (χ4n) is 8.40. The highest BCUT2D eigenvalue weighted by molar-refractivity contribution is 5.98. The van der Waals surface area contributed by atoms with Crippen molar-refractivity contribution in [3.8, 4) is 0 Å². The van der Waals surface area contributed by atoms with E-state index < -0.39 is 108 Å². The van der Waals surface area contributed by atoms with Gasteiger partial charge in [-0.25, -0.2) is 0 Å². The number of fused-ring (bicyclic) bond motifs is 1. The van der Waals surface area contributed by atoms with Gasteiger partial charge >= 0.3 is 0 Å². The number of nitrogens with zero attached hydrogens (tertiary/aromatic N) is 2. The van der Waals surface area contributed by atoms with Crippen LogP contribution < -0.4 is 76.9 Å². The normalized spacial score (nSPS) is 20.9. The third-order valence-electron chi connectivity index (χ3n) is 12.4. The highest BCUT2D eigenvalue weighted by Crippen LogP contribution is 2.20. The van der Waals surface area contributed by atoms with Crippen LogP contribution in [0.5, 0.6) is 0 Å². The predicted octanol–water partition coefficient (Wildman–Crippen LogP) is -3.70. The van der Waals surface area contributed by atoms with Crippen LogP contribution in [-0.4, -0.2) is 138 Å². The number of benzene rings is 2. The molecule has 3 aromatic rings. The van der Waals surface area contributed by atoms with Crippen molar-refractivity contribution in [2.45, 2.75) is 133 Å². The molecule has 0 radical (unpaired) electrons. The van der Waals surface area contributed by atoms with Crippen molar-refractivity contribution in [1.82, 2.24) is 47.5 Å². The van der Waals surface area contributed by atoms with Gasteiger partial charge in [0.2, 0.25) is 59.1 Å². The van der Waals surface area contributed by atoms with Crippen molar-refractivity contribution in [3.05, 3.63) is 71.9 Å². The lowest BCUT2D eigenvalue weighted by molar-refractivity contribution is -0.136. The molecule has 2 aromatic carbocycles. The summed E-state index contributed by atoms with van der Waals surface area (Å²) in [6.07, 6.45) is 1.04. The molecule has 2 heterocycles. The van der Waals surface area contributed by atoms with Crippen LogP contribution in [0.1, 0.15) is 88.7 Å². The number of H-pyrrole nitrogens is 1. The van der Waals surface area contributed by atoms with Gasteiger partial charge in [-0.3, -0.25) is 57.9 Å². The van der Waals surface area contributed by atoms with Crippen LogP contribution in [0.4, 0.5) is 0 Å². The summed E-state index contributed by atoms with van der Waals surface area (Å²) in [5, 5.41) is 21.9. The lowest BCUT2D eigenvalue weighted by Crippen LogP contribution is -2.60. The number of aliphatic imine (C=N–C) groups is 2. The maximum Gasteiger partial charge on any atom is 0.243 e. The lowest BCUT2D eigenvalue weighted by Gasteiger charge is -2.28. The summed E-state index contributed by atoms with van der Waals surface area (Å²) in [6.45, 7) is 1.14. The largest absolute Gasteiger partial charge is 0.370 e. The average Bonchev–Trinajstić information content (AvgIpc) is 3.79. The number of carbonyl (C=O) groups is 10. The Morgan fingerprint density at radius 2 is 1.25 bits per heavy atom. The summed E-state index contributed by atoms with van der Waals surface area (Å²) in [6, 6.07) is 6.06.